The zero-order valence-electron chi connectivity index (χ0n) is 11.2. The minimum absolute atomic E-state index is 0.985. The van der Waals surface area contributed by atoms with Gasteiger partial charge in [-0.05, 0) is 30.5 Å². The summed E-state index contributed by atoms with van der Waals surface area (Å²) in [5.41, 5.74) is 5.61. The third kappa shape index (κ3) is 1.69. The van der Waals surface area contributed by atoms with Gasteiger partial charge in [-0.3, -0.25) is 4.40 Å². The summed E-state index contributed by atoms with van der Waals surface area (Å²) in [5.74, 6) is 0. The molecule has 0 amide bonds. The third-order valence-corrected chi connectivity index (χ3v) is 3.69. The number of rotatable bonds is 1. The van der Waals surface area contributed by atoms with Crippen molar-refractivity contribution in [2.45, 2.75) is 6.92 Å². The predicted octanol–water partition coefficient (Wildman–Crippen LogP) is 4.46. The first-order valence-electron chi connectivity index (χ1n) is 6.75. The zero-order valence-corrected chi connectivity index (χ0v) is 11.2. The fourth-order valence-corrected chi connectivity index (χ4v) is 2.58. The van der Waals surface area contributed by atoms with Crippen LogP contribution in [0.15, 0.2) is 66.9 Å². The normalized spacial score (nSPS) is 11.2. The standard InChI is InChI=1S/C18H14N2/c1-13-6-8-14(9-7-13)16-12-20-17-5-3-2-4-15(17)10-11-18(20)19-16/h2-12H,1H3. The molecule has 96 valence electrons. The Morgan fingerprint density at radius 2 is 1.65 bits per heavy atom. The van der Waals surface area contributed by atoms with Gasteiger partial charge >= 0.3 is 0 Å². The van der Waals surface area contributed by atoms with Crippen LogP contribution >= 0.6 is 0 Å². The first-order chi connectivity index (χ1) is 9.81. The Hall–Kier alpha value is -2.61. The molecule has 0 N–H and O–H groups in total. The molecule has 4 rings (SSSR count). The van der Waals surface area contributed by atoms with E-state index in [1.54, 1.807) is 0 Å². The molecule has 2 nitrogen and oxygen atoms in total. The van der Waals surface area contributed by atoms with E-state index in [9.17, 15) is 0 Å². The molecule has 0 aliphatic heterocycles. The molecule has 0 fully saturated rings. The molecular formula is C18H14N2. The highest BCUT2D eigenvalue weighted by Crippen LogP contribution is 2.23. The van der Waals surface area contributed by atoms with E-state index >= 15 is 0 Å². The Bertz CT molecular complexity index is 902. The fourth-order valence-electron chi connectivity index (χ4n) is 2.58. The summed E-state index contributed by atoms with van der Waals surface area (Å²) in [5, 5.41) is 1.23. The van der Waals surface area contributed by atoms with Crippen LogP contribution in [0.1, 0.15) is 5.56 Å². The number of nitrogens with zero attached hydrogens (tertiary/aromatic N) is 2. The van der Waals surface area contributed by atoms with Gasteiger partial charge in [-0.1, -0.05) is 48.0 Å². The molecule has 0 saturated carbocycles. The Labute approximate surface area is 117 Å². The molecule has 2 heteroatoms. The van der Waals surface area contributed by atoms with Crippen LogP contribution in [-0.4, -0.2) is 9.38 Å². The number of para-hydroxylation sites is 1. The predicted molar refractivity (Wildman–Crippen MR) is 82.9 cm³/mol. The van der Waals surface area contributed by atoms with Crippen LogP contribution in [0.5, 0.6) is 0 Å². The van der Waals surface area contributed by atoms with E-state index in [4.69, 9.17) is 4.98 Å². The van der Waals surface area contributed by atoms with E-state index in [0.29, 0.717) is 0 Å². The van der Waals surface area contributed by atoms with Crippen molar-refractivity contribution in [1.82, 2.24) is 9.38 Å². The summed E-state index contributed by atoms with van der Waals surface area (Å²) in [4.78, 5) is 4.73. The van der Waals surface area contributed by atoms with Crippen LogP contribution in [0.2, 0.25) is 0 Å². The van der Waals surface area contributed by atoms with Crippen molar-refractivity contribution in [3.8, 4) is 11.3 Å². The molecule has 0 unspecified atom stereocenters. The maximum absolute atomic E-state index is 4.73. The Morgan fingerprint density at radius 1 is 0.850 bits per heavy atom. The highest BCUT2D eigenvalue weighted by molar-refractivity contribution is 5.83. The quantitative estimate of drug-likeness (QED) is 0.492. The summed E-state index contributed by atoms with van der Waals surface area (Å²) in [6, 6.07) is 21.1. The molecule has 2 aromatic carbocycles. The number of aryl methyl sites for hydroxylation is 1. The summed E-state index contributed by atoms with van der Waals surface area (Å²) < 4.78 is 2.16. The Kier molecular flexibility index (Phi) is 2.36. The van der Waals surface area contributed by atoms with Crippen molar-refractivity contribution in [3.05, 3.63) is 72.4 Å². The highest BCUT2D eigenvalue weighted by atomic mass is 15.0. The minimum Gasteiger partial charge on any atom is -0.299 e. The van der Waals surface area contributed by atoms with Crippen molar-refractivity contribution >= 4 is 16.6 Å². The average molecular weight is 258 g/mol. The monoisotopic (exact) mass is 258 g/mol. The van der Waals surface area contributed by atoms with Crippen molar-refractivity contribution < 1.29 is 0 Å². The maximum Gasteiger partial charge on any atom is 0.137 e. The van der Waals surface area contributed by atoms with Gasteiger partial charge < -0.3 is 0 Å². The summed E-state index contributed by atoms with van der Waals surface area (Å²) >= 11 is 0. The van der Waals surface area contributed by atoms with Gasteiger partial charge in [-0.15, -0.1) is 0 Å². The number of fused-ring (bicyclic) bond motifs is 3. The van der Waals surface area contributed by atoms with Crippen molar-refractivity contribution in [3.63, 3.8) is 0 Å². The number of imidazole rings is 1. The molecular weight excluding hydrogens is 244 g/mol. The minimum atomic E-state index is 0.985. The average Bonchev–Trinajstić information content (AvgIpc) is 2.92. The molecule has 0 radical (unpaired) electrons. The van der Waals surface area contributed by atoms with Gasteiger partial charge in [0.1, 0.15) is 5.65 Å². The summed E-state index contributed by atoms with van der Waals surface area (Å²) in [6.45, 7) is 2.10. The first-order valence-corrected chi connectivity index (χ1v) is 6.75. The van der Waals surface area contributed by atoms with Crippen LogP contribution in [0.3, 0.4) is 0 Å². The van der Waals surface area contributed by atoms with Crippen molar-refractivity contribution in [2.24, 2.45) is 0 Å². The lowest BCUT2D eigenvalue weighted by molar-refractivity contribution is 1.26. The molecule has 0 atom stereocenters. The van der Waals surface area contributed by atoms with Crippen LogP contribution in [0.25, 0.3) is 27.8 Å². The molecule has 0 saturated heterocycles. The topological polar surface area (TPSA) is 17.3 Å². The van der Waals surface area contributed by atoms with Gasteiger partial charge in [-0.2, -0.15) is 0 Å². The van der Waals surface area contributed by atoms with Gasteiger partial charge in [-0.25, -0.2) is 4.98 Å². The van der Waals surface area contributed by atoms with Gasteiger partial charge in [0.05, 0.1) is 11.2 Å². The molecule has 0 bridgehead atoms. The zero-order chi connectivity index (χ0) is 13.5. The smallest absolute Gasteiger partial charge is 0.137 e. The molecule has 4 aromatic rings. The van der Waals surface area contributed by atoms with Gasteiger partial charge in [0.15, 0.2) is 0 Å². The Balaban J connectivity index is 1.98. The van der Waals surface area contributed by atoms with Crippen LogP contribution in [-0.2, 0) is 0 Å². The van der Waals surface area contributed by atoms with E-state index in [2.05, 4.69) is 78.2 Å². The van der Waals surface area contributed by atoms with E-state index in [1.165, 1.54) is 16.5 Å². The summed E-state index contributed by atoms with van der Waals surface area (Å²) in [6.07, 6.45) is 2.11. The van der Waals surface area contributed by atoms with E-state index in [1.807, 2.05) is 0 Å². The van der Waals surface area contributed by atoms with Crippen molar-refractivity contribution in [1.29, 1.82) is 0 Å². The molecule has 0 aliphatic rings. The van der Waals surface area contributed by atoms with Gasteiger partial charge in [0.2, 0.25) is 0 Å². The number of pyridine rings is 1. The number of hydrogen-bond donors (Lipinski definition) is 0. The van der Waals surface area contributed by atoms with Crippen LogP contribution < -0.4 is 0 Å². The van der Waals surface area contributed by atoms with E-state index in [0.717, 1.165) is 16.9 Å². The fraction of sp³-hybridized carbons (Fsp3) is 0.0556. The van der Waals surface area contributed by atoms with Gasteiger partial charge in [0.25, 0.3) is 0 Å². The molecule has 0 aliphatic carbocycles. The second-order valence-electron chi connectivity index (χ2n) is 5.11. The largest absolute Gasteiger partial charge is 0.299 e. The van der Waals surface area contributed by atoms with Crippen LogP contribution in [0, 0.1) is 6.92 Å². The maximum atomic E-state index is 4.73. The van der Waals surface area contributed by atoms with E-state index < -0.39 is 0 Å². The lowest BCUT2D eigenvalue weighted by Gasteiger charge is -2.00. The lowest BCUT2D eigenvalue weighted by Crippen LogP contribution is -1.85. The summed E-state index contributed by atoms with van der Waals surface area (Å²) in [7, 11) is 0. The van der Waals surface area contributed by atoms with Gasteiger partial charge in [0, 0.05) is 11.8 Å². The molecule has 20 heavy (non-hydrogen) atoms. The second-order valence-corrected chi connectivity index (χ2v) is 5.11. The highest BCUT2D eigenvalue weighted by Gasteiger charge is 2.06. The number of benzene rings is 2. The Morgan fingerprint density at radius 3 is 2.50 bits per heavy atom. The van der Waals surface area contributed by atoms with E-state index in [-0.39, 0.29) is 0 Å². The molecule has 2 aromatic heterocycles. The SMILES string of the molecule is Cc1ccc(-c2cn3c(ccc4ccccc43)n2)cc1. The first kappa shape index (κ1) is 11.2. The van der Waals surface area contributed by atoms with Crippen LogP contribution in [0.4, 0.5) is 0 Å². The number of hydrogen-bond acceptors (Lipinski definition) is 1. The molecule has 2 heterocycles. The third-order valence-electron chi connectivity index (χ3n) is 3.69. The molecule has 0 spiro atoms. The van der Waals surface area contributed by atoms with Crippen molar-refractivity contribution in [2.75, 3.05) is 0 Å². The number of aromatic nitrogens is 2. The second kappa shape index (κ2) is 4.20. The lowest BCUT2D eigenvalue weighted by atomic mass is 10.1.